The van der Waals surface area contributed by atoms with E-state index in [0.29, 0.717) is 29.8 Å². The Hall–Kier alpha value is -3.26. The van der Waals surface area contributed by atoms with Crippen LogP contribution in [0.15, 0.2) is 48.5 Å². The third kappa shape index (κ3) is 3.43. The average molecular weight is 408 g/mol. The van der Waals surface area contributed by atoms with Crippen molar-refractivity contribution in [3.05, 3.63) is 64.2 Å². The van der Waals surface area contributed by atoms with Gasteiger partial charge in [-0.25, -0.2) is 0 Å². The van der Waals surface area contributed by atoms with Gasteiger partial charge in [0.2, 0.25) is 5.91 Å². The number of fused-ring (bicyclic) bond motifs is 1. The summed E-state index contributed by atoms with van der Waals surface area (Å²) in [5.74, 6) is -0.311. The number of nitrogens with zero attached hydrogens (tertiary/aromatic N) is 3. The number of nitrogens with one attached hydrogen (secondary N) is 1. The molecule has 1 aliphatic heterocycles. The number of hydrogen-bond donors (Lipinski definition) is 1. The molecule has 0 bridgehead atoms. The number of anilines is 2. The van der Waals surface area contributed by atoms with E-state index in [1.807, 2.05) is 18.2 Å². The predicted molar refractivity (Wildman–Crippen MR) is 113 cm³/mol. The van der Waals surface area contributed by atoms with Crippen LogP contribution in [0.4, 0.5) is 17.1 Å². The standard InChI is InChI=1S/C22H24N4O4/c1-24(14-16-8-2-4-10-18(16)26(29)30)15-20(27)25-19-11-5-3-9-17(19)23-21(28)22(25)12-6-7-13-22/h2-5,8-11H,6-7,12-15H2,1H3,(H,23,28). The quantitative estimate of drug-likeness (QED) is 0.605. The maximum absolute atomic E-state index is 13.5. The summed E-state index contributed by atoms with van der Waals surface area (Å²) in [6.07, 6.45) is 3.05. The fraction of sp³-hybridized carbons (Fsp3) is 0.364. The number of benzene rings is 2. The van der Waals surface area contributed by atoms with Gasteiger partial charge in [-0.2, -0.15) is 0 Å². The molecule has 1 N–H and O–H groups in total. The van der Waals surface area contributed by atoms with Crippen LogP contribution in [0.1, 0.15) is 31.2 Å². The molecule has 0 radical (unpaired) electrons. The molecule has 0 aromatic heterocycles. The molecule has 1 saturated carbocycles. The summed E-state index contributed by atoms with van der Waals surface area (Å²) in [5, 5.41) is 14.3. The number of amides is 2. The van der Waals surface area contributed by atoms with Crippen LogP contribution >= 0.6 is 0 Å². The molecular formula is C22H24N4O4. The van der Waals surface area contributed by atoms with Crippen molar-refractivity contribution in [2.45, 2.75) is 37.8 Å². The molecule has 0 atom stereocenters. The topological polar surface area (TPSA) is 95.8 Å². The van der Waals surface area contributed by atoms with E-state index >= 15 is 0 Å². The van der Waals surface area contributed by atoms with Crippen molar-refractivity contribution >= 4 is 28.9 Å². The summed E-state index contributed by atoms with van der Waals surface area (Å²) in [7, 11) is 1.76. The summed E-state index contributed by atoms with van der Waals surface area (Å²) in [4.78, 5) is 40.7. The molecule has 1 heterocycles. The highest BCUT2D eigenvalue weighted by atomic mass is 16.6. The Balaban J connectivity index is 1.60. The van der Waals surface area contributed by atoms with Gasteiger partial charge in [0.05, 0.1) is 22.8 Å². The van der Waals surface area contributed by atoms with E-state index < -0.39 is 10.5 Å². The van der Waals surface area contributed by atoms with E-state index in [9.17, 15) is 19.7 Å². The first-order valence-corrected chi connectivity index (χ1v) is 10.1. The van der Waals surface area contributed by atoms with Gasteiger partial charge in [-0.3, -0.25) is 29.5 Å². The average Bonchev–Trinajstić information content (AvgIpc) is 3.19. The zero-order chi connectivity index (χ0) is 21.3. The molecule has 8 nitrogen and oxygen atoms in total. The maximum Gasteiger partial charge on any atom is 0.273 e. The second kappa shape index (κ2) is 7.87. The van der Waals surface area contributed by atoms with E-state index in [2.05, 4.69) is 5.32 Å². The summed E-state index contributed by atoms with van der Waals surface area (Å²) < 4.78 is 0. The summed E-state index contributed by atoms with van der Waals surface area (Å²) in [6.45, 7) is 0.312. The molecule has 1 spiro atoms. The van der Waals surface area contributed by atoms with Crippen LogP contribution in [0.5, 0.6) is 0 Å². The monoisotopic (exact) mass is 408 g/mol. The van der Waals surface area contributed by atoms with Crippen molar-refractivity contribution in [2.24, 2.45) is 0 Å². The van der Waals surface area contributed by atoms with E-state index in [-0.39, 0.29) is 30.6 Å². The van der Waals surface area contributed by atoms with Crippen LogP contribution in [0.3, 0.4) is 0 Å². The van der Waals surface area contributed by atoms with E-state index in [1.165, 1.54) is 6.07 Å². The first-order chi connectivity index (χ1) is 14.4. The molecule has 4 rings (SSSR count). The molecule has 2 aromatic carbocycles. The van der Waals surface area contributed by atoms with Gasteiger partial charge in [0, 0.05) is 18.2 Å². The van der Waals surface area contributed by atoms with Crippen LogP contribution in [0.2, 0.25) is 0 Å². The predicted octanol–water partition coefficient (Wildman–Crippen LogP) is 3.32. The fourth-order valence-electron chi connectivity index (χ4n) is 4.60. The maximum atomic E-state index is 13.5. The summed E-state index contributed by atoms with van der Waals surface area (Å²) in [6, 6.07) is 13.9. The molecule has 8 heteroatoms. The normalized spacial score (nSPS) is 17.1. The SMILES string of the molecule is CN(CC(=O)N1c2ccccc2NC(=O)C12CCCC2)Cc1ccccc1[N+](=O)[O-]. The van der Waals surface area contributed by atoms with Crippen LogP contribution in [0, 0.1) is 10.1 Å². The third-order valence-corrected chi connectivity index (χ3v) is 5.96. The van der Waals surface area contributed by atoms with Crippen molar-refractivity contribution in [3.63, 3.8) is 0 Å². The lowest BCUT2D eigenvalue weighted by atomic mass is 9.89. The first kappa shape index (κ1) is 20.0. The van der Waals surface area contributed by atoms with Gasteiger partial charge in [-0.15, -0.1) is 0 Å². The minimum absolute atomic E-state index is 0.0340. The number of hydrogen-bond acceptors (Lipinski definition) is 5. The largest absolute Gasteiger partial charge is 0.322 e. The molecule has 1 fully saturated rings. The van der Waals surface area contributed by atoms with E-state index in [4.69, 9.17) is 0 Å². The van der Waals surface area contributed by atoms with E-state index in [1.54, 1.807) is 41.1 Å². The zero-order valence-corrected chi connectivity index (χ0v) is 16.8. The highest BCUT2D eigenvalue weighted by molar-refractivity contribution is 6.15. The number of likely N-dealkylation sites (N-methyl/N-ethyl adjacent to an activating group) is 1. The highest BCUT2D eigenvalue weighted by Crippen LogP contribution is 2.45. The van der Waals surface area contributed by atoms with Gasteiger partial charge >= 0.3 is 0 Å². The van der Waals surface area contributed by atoms with Crippen LogP contribution in [-0.4, -0.2) is 40.8 Å². The van der Waals surface area contributed by atoms with Gasteiger partial charge in [-0.1, -0.05) is 43.2 Å². The van der Waals surface area contributed by atoms with Gasteiger partial charge in [0.15, 0.2) is 0 Å². The van der Waals surface area contributed by atoms with Crippen LogP contribution in [-0.2, 0) is 16.1 Å². The van der Waals surface area contributed by atoms with Crippen molar-refractivity contribution < 1.29 is 14.5 Å². The zero-order valence-electron chi connectivity index (χ0n) is 16.8. The Labute approximate surface area is 174 Å². The molecule has 30 heavy (non-hydrogen) atoms. The van der Waals surface area contributed by atoms with Crippen LogP contribution < -0.4 is 10.2 Å². The highest BCUT2D eigenvalue weighted by Gasteiger charge is 2.52. The lowest BCUT2D eigenvalue weighted by Gasteiger charge is -2.44. The lowest BCUT2D eigenvalue weighted by Crippen LogP contribution is -2.62. The fourth-order valence-corrected chi connectivity index (χ4v) is 4.60. The smallest absolute Gasteiger partial charge is 0.273 e. The van der Waals surface area contributed by atoms with Gasteiger partial charge in [0.1, 0.15) is 5.54 Å². The molecule has 1 aliphatic carbocycles. The first-order valence-electron chi connectivity index (χ1n) is 10.1. The Bertz CT molecular complexity index is 1000. The van der Waals surface area contributed by atoms with E-state index in [0.717, 1.165) is 12.8 Å². The van der Waals surface area contributed by atoms with Gasteiger partial charge in [0.25, 0.3) is 11.6 Å². The summed E-state index contributed by atoms with van der Waals surface area (Å²) in [5.41, 5.74) is 1.07. The van der Waals surface area contributed by atoms with Crippen molar-refractivity contribution in [1.82, 2.24) is 4.90 Å². The number of para-hydroxylation sites is 3. The molecule has 2 aromatic rings. The molecule has 2 amide bonds. The molecule has 0 unspecified atom stereocenters. The lowest BCUT2D eigenvalue weighted by molar-refractivity contribution is -0.385. The molecule has 0 saturated heterocycles. The van der Waals surface area contributed by atoms with Gasteiger partial charge in [-0.05, 0) is 32.0 Å². The summed E-state index contributed by atoms with van der Waals surface area (Å²) >= 11 is 0. The molecule has 156 valence electrons. The number of nitro benzene ring substituents is 1. The molecular weight excluding hydrogens is 384 g/mol. The van der Waals surface area contributed by atoms with Gasteiger partial charge < -0.3 is 5.32 Å². The van der Waals surface area contributed by atoms with Crippen molar-refractivity contribution in [1.29, 1.82) is 0 Å². The Morgan fingerprint density at radius 3 is 2.57 bits per heavy atom. The Morgan fingerprint density at radius 2 is 1.83 bits per heavy atom. The number of nitro groups is 1. The second-order valence-corrected chi connectivity index (χ2v) is 8.00. The minimum Gasteiger partial charge on any atom is -0.322 e. The van der Waals surface area contributed by atoms with Crippen molar-refractivity contribution in [2.75, 3.05) is 23.8 Å². The minimum atomic E-state index is -0.856. The third-order valence-electron chi connectivity index (χ3n) is 5.96. The van der Waals surface area contributed by atoms with Crippen molar-refractivity contribution in [3.8, 4) is 0 Å². The Morgan fingerprint density at radius 1 is 1.17 bits per heavy atom. The van der Waals surface area contributed by atoms with Crippen LogP contribution in [0.25, 0.3) is 0 Å². The second-order valence-electron chi connectivity index (χ2n) is 8.00. The number of carbonyl (C=O) groups excluding carboxylic acids is 2. The number of rotatable bonds is 5. The molecule has 2 aliphatic rings. The Kier molecular flexibility index (Phi) is 5.26. The number of carbonyl (C=O) groups is 2.